The minimum absolute atomic E-state index is 0. The summed E-state index contributed by atoms with van der Waals surface area (Å²) in [6.45, 7) is 0.854. The number of hydrogen-bond donors (Lipinski definition) is 2. The van der Waals surface area contributed by atoms with Gasteiger partial charge in [0.25, 0.3) is 0 Å². The molecule has 0 unspecified atom stereocenters. The highest BCUT2D eigenvalue weighted by Crippen LogP contribution is 2.37. The first-order chi connectivity index (χ1) is 10.1. The van der Waals surface area contributed by atoms with Crippen LogP contribution in [0.25, 0.3) is 0 Å². The molecule has 1 aliphatic rings. The normalized spacial score (nSPS) is 15.8. The molecule has 1 fully saturated rings. The maximum Gasteiger partial charge on any atom is 0.227 e. The SMILES string of the molecule is COc1ccc(CNC(=O)C2(CN)CCCC2)c(OC)c1.Cl. The molecule has 1 aliphatic carbocycles. The van der Waals surface area contributed by atoms with Crippen LogP contribution in [0.1, 0.15) is 31.2 Å². The summed E-state index contributed by atoms with van der Waals surface area (Å²) in [5.41, 5.74) is 6.38. The molecule has 0 radical (unpaired) electrons. The fourth-order valence-corrected chi connectivity index (χ4v) is 2.94. The average molecular weight is 329 g/mol. The van der Waals surface area contributed by atoms with Crippen LogP contribution in [-0.4, -0.2) is 26.7 Å². The Bertz CT molecular complexity index is 502. The zero-order valence-corrected chi connectivity index (χ0v) is 14.0. The average Bonchev–Trinajstić information content (AvgIpc) is 3.02. The van der Waals surface area contributed by atoms with E-state index in [4.69, 9.17) is 15.2 Å². The summed E-state index contributed by atoms with van der Waals surface area (Å²) in [6.07, 6.45) is 3.93. The number of hydrogen-bond acceptors (Lipinski definition) is 4. The monoisotopic (exact) mass is 328 g/mol. The largest absolute Gasteiger partial charge is 0.497 e. The molecule has 124 valence electrons. The van der Waals surface area contributed by atoms with Gasteiger partial charge in [0.2, 0.25) is 5.91 Å². The first-order valence-corrected chi connectivity index (χ1v) is 7.34. The molecular formula is C16H25ClN2O3. The van der Waals surface area contributed by atoms with Gasteiger partial charge in [-0.3, -0.25) is 4.79 Å². The van der Waals surface area contributed by atoms with E-state index in [2.05, 4.69) is 5.32 Å². The third-order valence-electron chi connectivity index (χ3n) is 4.37. The molecular weight excluding hydrogens is 304 g/mol. The Balaban J connectivity index is 0.00000242. The molecule has 1 saturated carbocycles. The predicted molar refractivity (Wildman–Crippen MR) is 88.6 cm³/mol. The summed E-state index contributed by atoms with van der Waals surface area (Å²) in [5, 5.41) is 3.01. The predicted octanol–water partition coefficient (Wildman–Crippen LogP) is 2.26. The second-order valence-electron chi connectivity index (χ2n) is 5.55. The molecule has 6 heteroatoms. The molecule has 1 amide bonds. The van der Waals surface area contributed by atoms with Crippen LogP contribution in [0.5, 0.6) is 11.5 Å². The van der Waals surface area contributed by atoms with E-state index in [1.54, 1.807) is 14.2 Å². The fraction of sp³-hybridized carbons (Fsp3) is 0.562. The number of carbonyl (C=O) groups is 1. The van der Waals surface area contributed by atoms with E-state index in [0.29, 0.717) is 18.8 Å². The van der Waals surface area contributed by atoms with Crippen LogP contribution < -0.4 is 20.5 Å². The number of ether oxygens (including phenoxy) is 2. The van der Waals surface area contributed by atoms with Crippen molar-refractivity contribution in [3.8, 4) is 11.5 Å². The first-order valence-electron chi connectivity index (χ1n) is 7.34. The van der Waals surface area contributed by atoms with Crippen LogP contribution >= 0.6 is 12.4 Å². The van der Waals surface area contributed by atoms with Crippen molar-refractivity contribution in [2.45, 2.75) is 32.2 Å². The van der Waals surface area contributed by atoms with Gasteiger partial charge >= 0.3 is 0 Å². The molecule has 3 N–H and O–H groups in total. The van der Waals surface area contributed by atoms with E-state index >= 15 is 0 Å². The Morgan fingerprint density at radius 1 is 1.27 bits per heavy atom. The number of nitrogens with two attached hydrogens (primary N) is 1. The second-order valence-corrected chi connectivity index (χ2v) is 5.55. The number of nitrogens with one attached hydrogen (secondary N) is 1. The van der Waals surface area contributed by atoms with Crippen molar-refractivity contribution in [2.24, 2.45) is 11.1 Å². The van der Waals surface area contributed by atoms with E-state index in [9.17, 15) is 4.79 Å². The van der Waals surface area contributed by atoms with Crippen LogP contribution in [0.4, 0.5) is 0 Å². The van der Waals surface area contributed by atoms with Crippen LogP contribution in [0.3, 0.4) is 0 Å². The van der Waals surface area contributed by atoms with Crippen molar-refractivity contribution in [1.29, 1.82) is 0 Å². The molecule has 0 bridgehead atoms. The van der Waals surface area contributed by atoms with Crippen LogP contribution in [0.2, 0.25) is 0 Å². The smallest absolute Gasteiger partial charge is 0.227 e. The van der Waals surface area contributed by atoms with Gasteiger partial charge in [-0.1, -0.05) is 12.8 Å². The Morgan fingerprint density at radius 2 is 1.95 bits per heavy atom. The van der Waals surface area contributed by atoms with Gasteiger partial charge in [0.15, 0.2) is 0 Å². The number of benzene rings is 1. The van der Waals surface area contributed by atoms with Gasteiger partial charge < -0.3 is 20.5 Å². The molecule has 0 aromatic heterocycles. The summed E-state index contributed by atoms with van der Waals surface area (Å²) in [5.74, 6) is 1.50. The number of rotatable bonds is 6. The highest BCUT2D eigenvalue weighted by molar-refractivity contribution is 5.85. The molecule has 1 aromatic rings. The van der Waals surface area contributed by atoms with Crippen molar-refractivity contribution < 1.29 is 14.3 Å². The highest BCUT2D eigenvalue weighted by atomic mass is 35.5. The number of halogens is 1. The minimum atomic E-state index is -0.375. The zero-order chi connectivity index (χ0) is 15.3. The number of amides is 1. The lowest BCUT2D eigenvalue weighted by molar-refractivity contribution is -0.130. The quantitative estimate of drug-likeness (QED) is 0.840. The van der Waals surface area contributed by atoms with Crippen LogP contribution in [-0.2, 0) is 11.3 Å². The summed E-state index contributed by atoms with van der Waals surface area (Å²) >= 11 is 0. The van der Waals surface area contributed by atoms with Gasteiger partial charge in [-0.2, -0.15) is 0 Å². The van der Waals surface area contributed by atoms with Gasteiger partial charge in [-0.25, -0.2) is 0 Å². The van der Waals surface area contributed by atoms with Crippen LogP contribution in [0, 0.1) is 5.41 Å². The minimum Gasteiger partial charge on any atom is -0.497 e. The van der Waals surface area contributed by atoms with Gasteiger partial charge in [0, 0.05) is 24.7 Å². The molecule has 5 nitrogen and oxygen atoms in total. The van der Waals surface area contributed by atoms with E-state index in [1.807, 2.05) is 18.2 Å². The molecule has 22 heavy (non-hydrogen) atoms. The number of methoxy groups -OCH3 is 2. The lowest BCUT2D eigenvalue weighted by atomic mass is 9.85. The maximum absolute atomic E-state index is 12.4. The van der Waals surface area contributed by atoms with Crippen molar-refractivity contribution in [3.63, 3.8) is 0 Å². The Kier molecular flexibility index (Phi) is 6.97. The molecule has 0 spiro atoms. The van der Waals surface area contributed by atoms with Crippen molar-refractivity contribution in [3.05, 3.63) is 23.8 Å². The Labute approximate surface area is 138 Å². The Morgan fingerprint density at radius 3 is 2.50 bits per heavy atom. The van der Waals surface area contributed by atoms with E-state index in [0.717, 1.165) is 37.0 Å². The summed E-state index contributed by atoms with van der Waals surface area (Å²) < 4.78 is 10.5. The topological polar surface area (TPSA) is 73.6 Å². The third-order valence-corrected chi connectivity index (χ3v) is 4.37. The summed E-state index contributed by atoms with van der Waals surface area (Å²) in [6, 6.07) is 5.58. The van der Waals surface area contributed by atoms with Gasteiger partial charge in [-0.15, -0.1) is 12.4 Å². The maximum atomic E-state index is 12.4. The standard InChI is InChI=1S/C16H24N2O3.ClH/c1-20-13-6-5-12(14(9-13)21-2)10-18-15(19)16(11-17)7-3-4-8-16;/h5-6,9H,3-4,7-8,10-11,17H2,1-2H3,(H,18,19);1H. The van der Waals surface area contributed by atoms with Gasteiger partial charge in [0.1, 0.15) is 11.5 Å². The second kappa shape index (κ2) is 8.25. The molecule has 0 heterocycles. The summed E-state index contributed by atoms with van der Waals surface area (Å²) in [7, 11) is 3.22. The van der Waals surface area contributed by atoms with E-state index in [1.165, 1.54) is 0 Å². The third kappa shape index (κ3) is 3.84. The highest BCUT2D eigenvalue weighted by Gasteiger charge is 2.39. The van der Waals surface area contributed by atoms with Crippen molar-refractivity contribution in [1.82, 2.24) is 5.32 Å². The number of carbonyl (C=O) groups excluding carboxylic acids is 1. The fourth-order valence-electron chi connectivity index (χ4n) is 2.94. The molecule has 0 atom stereocenters. The molecule has 0 aliphatic heterocycles. The lowest BCUT2D eigenvalue weighted by Gasteiger charge is -2.26. The van der Waals surface area contributed by atoms with Crippen molar-refractivity contribution in [2.75, 3.05) is 20.8 Å². The first kappa shape index (κ1) is 18.6. The van der Waals surface area contributed by atoms with Crippen molar-refractivity contribution >= 4 is 18.3 Å². The molecule has 2 rings (SSSR count). The van der Waals surface area contributed by atoms with Gasteiger partial charge in [0.05, 0.1) is 19.6 Å². The van der Waals surface area contributed by atoms with Gasteiger partial charge in [-0.05, 0) is 25.0 Å². The Hall–Kier alpha value is -1.46. The summed E-state index contributed by atoms with van der Waals surface area (Å²) in [4.78, 5) is 12.4. The molecule has 0 saturated heterocycles. The molecule has 1 aromatic carbocycles. The van der Waals surface area contributed by atoms with Crippen LogP contribution in [0.15, 0.2) is 18.2 Å². The van der Waals surface area contributed by atoms with E-state index in [-0.39, 0.29) is 23.7 Å². The van der Waals surface area contributed by atoms with E-state index < -0.39 is 0 Å². The zero-order valence-electron chi connectivity index (χ0n) is 13.2. The lowest BCUT2D eigenvalue weighted by Crippen LogP contribution is -2.43.